The van der Waals surface area contributed by atoms with Crippen molar-refractivity contribution in [2.75, 3.05) is 44.7 Å². The van der Waals surface area contributed by atoms with Gasteiger partial charge in [0, 0.05) is 51.8 Å². The molecular formula is C16H22FN3O2. The summed E-state index contributed by atoms with van der Waals surface area (Å²) in [5, 5.41) is 0. The average Bonchev–Trinajstić information content (AvgIpc) is 2.47. The molecular weight excluding hydrogens is 285 g/mol. The van der Waals surface area contributed by atoms with E-state index in [9.17, 15) is 14.0 Å². The standard InChI is InChI=1S/C16H22FN3O2/c1-13(21)20(15-5-3-4-14(17)12-15)7-6-16(22)19-10-8-18(2)9-11-19/h3-5,12H,6-11H2,1-2H3. The van der Waals surface area contributed by atoms with Crippen molar-refractivity contribution in [1.29, 1.82) is 0 Å². The van der Waals surface area contributed by atoms with Crippen LogP contribution in [0.1, 0.15) is 13.3 Å². The molecule has 0 spiro atoms. The molecule has 0 radical (unpaired) electrons. The highest BCUT2D eigenvalue weighted by atomic mass is 19.1. The number of hydrogen-bond donors (Lipinski definition) is 0. The summed E-state index contributed by atoms with van der Waals surface area (Å²) in [5.41, 5.74) is 0.485. The van der Waals surface area contributed by atoms with Crippen LogP contribution >= 0.6 is 0 Å². The monoisotopic (exact) mass is 307 g/mol. The normalized spacial score (nSPS) is 15.7. The third-order valence-electron chi connectivity index (χ3n) is 3.91. The Balaban J connectivity index is 1.95. The highest BCUT2D eigenvalue weighted by Crippen LogP contribution is 2.16. The molecule has 1 heterocycles. The molecule has 0 N–H and O–H groups in total. The van der Waals surface area contributed by atoms with Gasteiger partial charge in [0.05, 0.1) is 0 Å². The maximum absolute atomic E-state index is 13.3. The highest BCUT2D eigenvalue weighted by molar-refractivity contribution is 5.92. The van der Waals surface area contributed by atoms with Gasteiger partial charge in [0.25, 0.3) is 0 Å². The summed E-state index contributed by atoms with van der Waals surface area (Å²) in [5.74, 6) is -0.554. The van der Waals surface area contributed by atoms with E-state index >= 15 is 0 Å². The van der Waals surface area contributed by atoms with Crippen LogP contribution in [0, 0.1) is 5.82 Å². The molecule has 0 unspecified atom stereocenters. The van der Waals surface area contributed by atoms with Gasteiger partial charge in [-0.15, -0.1) is 0 Å². The lowest BCUT2D eigenvalue weighted by atomic mass is 10.2. The first-order valence-corrected chi connectivity index (χ1v) is 7.47. The molecule has 6 heteroatoms. The molecule has 0 bridgehead atoms. The van der Waals surface area contributed by atoms with Crippen molar-refractivity contribution in [2.24, 2.45) is 0 Å². The largest absolute Gasteiger partial charge is 0.340 e. The van der Waals surface area contributed by atoms with E-state index in [0.29, 0.717) is 5.69 Å². The maximum atomic E-state index is 13.3. The zero-order valence-corrected chi connectivity index (χ0v) is 13.1. The maximum Gasteiger partial charge on any atom is 0.224 e. The minimum atomic E-state index is -0.394. The summed E-state index contributed by atoms with van der Waals surface area (Å²) in [6.07, 6.45) is 0.250. The molecule has 1 aromatic carbocycles. The third kappa shape index (κ3) is 4.27. The van der Waals surface area contributed by atoms with Crippen LogP contribution in [0.5, 0.6) is 0 Å². The number of hydrogen-bond acceptors (Lipinski definition) is 3. The van der Waals surface area contributed by atoms with Crippen molar-refractivity contribution in [3.63, 3.8) is 0 Å². The van der Waals surface area contributed by atoms with Crippen molar-refractivity contribution < 1.29 is 14.0 Å². The van der Waals surface area contributed by atoms with Gasteiger partial charge in [0.2, 0.25) is 11.8 Å². The van der Waals surface area contributed by atoms with Gasteiger partial charge < -0.3 is 14.7 Å². The number of benzene rings is 1. The molecule has 2 amide bonds. The summed E-state index contributed by atoms with van der Waals surface area (Å²) in [6.45, 7) is 4.86. The Labute approximate surface area is 130 Å². The lowest BCUT2D eigenvalue weighted by Crippen LogP contribution is -2.47. The van der Waals surface area contributed by atoms with Gasteiger partial charge in [-0.3, -0.25) is 9.59 Å². The Bertz CT molecular complexity index is 542. The molecule has 1 aliphatic rings. The van der Waals surface area contributed by atoms with Crippen LogP contribution in [0.4, 0.5) is 10.1 Å². The van der Waals surface area contributed by atoms with E-state index in [4.69, 9.17) is 0 Å². The molecule has 1 saturated heterocycles. The minimum absolute atomic E-state index is 0.0377. The number of rotatable bonds is 4. The van der Waals surface area contributed by atoms with Crippen LogP contribution in [0.2, 0.25) is 0 Å². The number of halogens is 1. The Morgan fingerprint density at radius 1 is 1.23 bits per heavy atom. The Kier molecular flexibility index (Phi) is 5.49. The second-order valence-corrected chi connectivity index (χ2v) is 5.58. The molecule has 0 aliphatic carbocycles. The van der Waals surface area contributed by atoms with Crippen LogP contribution < -0.4 is 4.90 Å². The SMILES string of the molecule is CC(=O)N(CCC(=O)N1CCN(C)CC1)c1cccc(F)c1. The number of carbonyl (C=O) groups excluding carboxylic acids is 2. The van der Waals surface area contributed by atoms with Gasteiger partial charge in [0.15, 0.2) is 0 Å². The fourth-order valence-corrected chi connectivity index (χ4v) is 2.53. The lowest BCUT2D eigenvalue weighted by molar-refractivity contribution is -0.132. The second-order valence-electron chi connectivity index (χ2n) is 5.58. The average molecular weight is 307 g/mol. The van der Waals surface area contributed by atoms with Crippen LogP contribution in [0.3, 0.4) is 0 Å². The van der Waals surface area contributed by atoms with Gasteiger partial charge in [0.1, 0.15) is 5.82 Å². The van der Waals surface area contributed by atoms with Gasteiger partial charge in [-0.05, 0) is 25.2 Å². The molecule has 2 rings (SSSR count). The molecule has 120 valence electrons. The summed E-state index contributed by atoms with van der Waals surface area (Å²) in [6, 6.07) is 5.87. The molecule has 1 aliphatic heterocycles. The van der Waals surface area contributed by atoms with Crippen molar-refractivity contribution in [3.05, 3.63) is 30.1 Å². The zero-order chi connectivity index (χ0) is 16.1. The van der Waals surface area contributed by atoms with Gasteiger partial charge >= 0.3 is 0 Å². The van der Waals surface area contributed by atoms with Crippen LogP contribution in [-0.2, 0) is 9.59 Å². The Morgan fingerprint density at radius 3 is 2.50 bits per heavy atom. The third-order valence-corrected chi connectivity index (χ3v) is 3.91. The molecule has 1 fully saturated rings. The van der Waals surface area contributed by atoms with Gasteiger partial charge in [-0.25, -0.2) is 4.39 Å². The lowest BCUT2D eigenvalue weighted by Gasteiger charge is -2.33. The first kappa shape index (κ1) is 16.4. The Hall–Kier alpha value is -1.95. The molecule has 0 saturated carbocycles. The molecule has 1 aromatic rings. The first-order valence-electron chi connectivity index (χ1n) is 7.47. The van der Waals surface area contributed by atoms with E-state index in [0.717, 1.165) is 26.2 Å². The smallest absolute Gasteiger partial charge is 0.224 e. The highest BCUT2D eigenvalue weighted by Gasteiger charge is 2.20. The molecule has 5 nitrogen and oxygen atoms in total. The molecule has 22 heavy (non-hydrogen) atoms. The van der Waals surface area contributed by atoms with Gasteiger partial charge in [-0.2, -0.15) is 0 Å². The topological polar surface area (TPSA) is 43.9 Å². The number of amides is 2. The minimum Gasteiger partial charge on any atom is -0.340 e. The summed E-state index contributed by atoms with van der Waals surface area (Å²) in [4.78, 5) is 29.4. The van der Waals surface area contributed by atoms with Crippen molar-refractivity contribution >= 4 is 17.5 Å². The summed E-state index contributed by atoms with van der Waals surface area (Å²) >= 11 is 0. The second kappa shape index (κ2) is 7.35. The van der Waals surface area contributed by atoms with E-state index in [2.05, 4.69) is 4.90 Å². The summed E-state index contributed by atoms with van der Waals surface area (Å²) in [7, 11) is 2.03. The summed E-state index contributed by atoms with van der Waals surface area (Å²) < 4.78 is 13.3. The van der Waals surface area contributed by atoms with E-state index in [1.54, 1.807) is 12.1 Å². The number of carbonyl (C=O) groups is 2. The van der Waals surface area contributed by atoms with Gasteiger partial charge in [-0.1, -0.05) is 6.07 Å². The zero-order valence-electron chi connectivity index (χ0n) is 13.1. The van der Waals surface area contributed by atoms with Crippen molar-refractivity contribution in [2.45, 2.75) is 13.3 Å². The molecule has 0 aromatic heterocycles. The fourth-order valence-electron chi connectivity index (χ4n) is 2.53. The van der Waals surface area contributed by atoms with Crippen LogP contribution in [0.25, 0.3) is 0 Å². The predicted molar refractivity (Wildman–Crippen MR) is 83.1 cm³/mol. The fraction of sp³-hybridized carbons (Fsp3) is 0.500. The number of piperazine rings is 1. The van der Waals surface area contributed by atoms with E-state index in [-0.39, 0.29) is 24.8 Å². The van der Waals surface area contributed by atoms with E-state index in [1.807, 2.05) is 11.9 Å². The van der Waals surface area contributed by atoms with E-state index < -0.39 is 5.82 Å². The Morgan fingerprint density at radius 2 is 1.91 bits per heavy atom. The van der Waals surface area contributed by atoms with Crippen LogP contribution in [-0.4, -0.2) is 61.4 Å². The number of nitrogens with zero attached hydrogens (tertiary/aromatic N) is 3. The van der Waals surface area contributed by atoms with Crippen molar-refractivity contribution in [3.8, 4) is 0 Å². The number of anilines is 1. The number of likely N-dealkylation sites (N-methyl/N-ethyl adjacent to an activating group) is 1. The van der Waals surface area contributed by atoms with Crippen molar-refractivity contribution in [1.82, 2.24) is 9.80 Å². The van der Waals surface area contributed by atoms with Crippen LogP contribution in [0.15, 0.2) is 24.3 Å². The van der Waals surface area contributed by atoms with E-state index in [1.165, 1.54) is 24.0 Å². The first-order chi connectivity index (χ1) is 10.5. The molecule has 0 atom stereocenters. The predicted octanol–water partition coefficient (Wildman–Crippen LogP) is 1.34. The quantitative estimate of drug-likeness (QED) is 0.843.